The number of imide groups is 1. The van der Waals surface area contributed by atoms with Crippen LogP contribution in [0.4, 0.5) is 25.8 Å². The molecule has 3 amide bonds. The van der Waals surface area contributed by atoms with Gasteiger partial charge in [-0.2, -0.15) is 4.90 Å². The minimum absolute atomic E-state index is 0.0374. The van der Waals surface area contributed by atoms with Gasteiger partial charge in [0.2, 0.25) is 0 Å². The van der Waals surface area contributed by atoms with Crippen LogP contribution in [0.5, 0.6) is 0 Å². The molecule has 12 nitrogen and oxygen atoms in total. The minimum Gasteiger partial charge on any atom is -0.457 e. The molecule has 2 aromatic carbocycles. The van der Waals surface area contributed by atoms with E-state index in [0.29, 0.717) is 35.7 Å². The van der Waals surface area contributed by atoms with Crippen LogP contribution in [0.25, 0.3) is 0 Å². The fraction of sp³-hybridized carbons (Fsp3) is 0.484. The van der Waals surface area contributed by atoms with E-state index in [0.717, 1.165) is 5.56 Å². The number of aliphatic hydroxyl groups is 1. The van der Waals surface area contributed by atoms with Gasteiger partial charge >= 0.3 is 24.2 Å². The van der Waals surface area contributed by atoms with E-state index in [1.165, 1.54) is 6.07 Å². The molecule has 0 aromatic heterocycles. The van der Waals surface area contributed by atoms with Gasteiger partial charge in [0.15, 0.2) is 6.29 Å². The van der Waals surface area contributed by atoms with E-state index in [-0.39, 0.29) is 29.5 Å². The second kappa shape index (κ2) is 14.5. The molecule has 0 spiro atoms. The fourth-order valence-electron chi connectivity index (χ4n) is 4.05. The zero-order valence-electron chi connectivity index (χ0n) is 27.2. The lowest BCUT2D eigenvalue weighted by Crippen LogP contribution is -2.44. The van der Waals surface area contributed by atoms with Crippen molar-refractivity contribution in [3.63, 3.8) is 0 Å². The summed E-state index contributed by atoms with van der Waals surface area (Å²) in [4.78, 5) is 49.9. The molecule has 0 aliphatic carbocycles. The van der Waals surface area contributed by atoms with Crippen molar-refractivity contribution >= 4 is 90.7 Å². The lowest BCUT2D eigenvalue weighted by atomic mass is 10.1. The number of nitrogens with one attached hydrogen (secondary N) is 1. The highest BCUT2D eigenvalue weighted by molar-refractivity contribution is 9.11. The van der Waals surface area contributed by atoms with Crippen LogP contribution >= 0.6 is 55.1 Å². The number of carbonyl (C=O) groups excluding carboxylic acids is 4. The van der Waals surface area contributed by atoms with Gasteiger partial charge in [-0.3, -0.25) is 5.32 Å². The summed E-state index contributed by atoms with van der Waals surface area (Å²) in [5, 5.41) is 12.7. The van der Waals surface area contributed by atoms with E-state index < -0.39 is 47.3 Å². The first-order valence-corrected chi connectivity index (χ1v) is 16.5. The summed E-state index contributed by atoms with van der Waals surface area (Å²) in [5.74, 6) is -0.572. The summed E-state index contributed by atoms with van der Waals surface area (Å²) in [6.45, 7) is 15.6. The number of aliphatic hydroxyl groups excluding tert-OH is 1. The zero-order valence-corrected chi connectivity index (χ0v) is 31.9. The first kappa shape index (κ1) is 38.8. The number of hydrogen-bond acceptors (Lipinski definition) is 10. The maximum atomic E-state index is 12.7. The van der Waals surface area contributed by atoms with E-state index in [2.05, 4.69) is 37.2 Å². The molecule has 0 fully saturated rings. The molecule has 2 N–H and O–H groups in total. The van der Waals surface area contributed by atoms with Gasteiger partial charge in [-0.1, -0.05) is 23.2 Å². The third-order valence-corrected chi connectivity index (χ3v) is 8.86. The van der Waals surface area contributed by atoms with Crippen LogP contribution in [0.1, 0.15) is 95.7 Å². The van der Waals surface area contributed by atoms with Crippen LogP contribution in [0.15, 0.2) is 21.1 Å². The second-order valence-corrected chi connectivity index (χ2v) is 15.7. The van der Waals surface area contributed by atoms with Crippen LogP contribution in [-0.4, -0.2) is 46.2 Å². The Morgan fingerprint density at radius 3 is 1.87 bits per heavy atom. The largest absolute Gasteiger partial charge is 0.457 e. The number of carbonyl (C=O) groups is 4. The topological polar surface area (TPSA) is 150 Å². The van der Waals surface area contributed by atoms with Crippen molar-refractivity contribution in [2.45, 2.75) is 98.6 Å². The van der Waals surface area contributed by atoms with Crippen molar-refractivity contribution in [3.05, 3.63) is 53.4 Å². The normalized spacial score (nSPS) is 15.4. The molecule has 1 atom stereocenters. The molecule has 0 saturated heterocycles. The molecular formula is C31H36Br2Cl2N2O10. The Balaban J connectivity index is 0.000000267. The summed E-state index contributed by atoms with van der Waals surface area (Å²) in [7, 11) is 0. The van der Waals surface area contributed by atoms with Crippen LogP contribution in [0.2, 0.25) is 10.0 Å². The van der Waals surface area contributed by atoms with Gasteiger partial charge in [-0.15, -0.1) is 0 Å². The number of amides is 3. The number of anilines is 2. The summed E-state index contributed by atoms with van der Waals surface area (Å²) >= 11 is 19.2. The summed E-state index contributed by atoms with van der Waals surface area (Å²) in [6, 6.07) is 2.91. The summed E-state index contributed by atoms with van der Waals surface area (Å²) < 4.78 is 26.9. The number of benzene rings is 2. The lowest BCUT2D eigenvalue weighted by Gasteiger charge is -2.29. The number of nitrogens with zero attached hydrogens (tertiary/aromatic N) is 1. The molecule has 47 heavy (non-hydrogen) atoms. The Kier molecular flexibility index (Phi) is 12.0. The van der Waals surface area contributed by atoms with Crippen molar-refractivity contribution in [1.82, 2.24) is 0 Å². The number of fused-ring (bicyclic) bond motifs is 2. The van der Waals surface area contributed by atoms with Gasteiger partial charge in [0.1, 0.15) is 23.4 Å². The molecule has 258 valence electrons. The van der Waals surface area contributed by atoms with Crippen LogP contribution in [-0.2, 0) is 36.9 Å². The van der Waals surface area contributed by atoms with Crippen molar-refractivity contribution < 1.29 is 48.0 Å². The SMILES string of the molecule is CC(C)(C)OC(=O)N(C(=O)OC(C)(C)C)c1cc2c(c(Br)c1Cl)COC2=O.CC(C)(C)OC(=O)Nc1cc2c(c(Br)c1Cl)COC2O. The summed E-state index contributed by atoms with van der Waals surface area (Å²) in [5.41, 5.74) is 0.0892. The highest BCUT2D eigenvalue weighted by Crippen LogP contribution is 2.43. The van der Waals surface area contributed by atoms with Gasteiger partial charge in [0, 0.05) is 25.6 Å². The predicted molar refractivity (Wildman–Crippen MR) is 182 cm³/mol. The second-order valence-electron chi connectivity index (χ2n) is 13.3. The number of hydrogen-bond donors (Lipinski definition) is 2. The van der Waals surface area contributed by atoms with Gasteiger partial charge < -0.3 is 28.8 Å². The molecule has 0 radical (unpaired) electrons. The van der Waals surface area contributed by atoms with Crippen molar-refractivity contribution in [2.75, 3.05) is 10.2 Å². The number of esters is 1. The Labute approximate surface area is 299 Å². The maximum absolute atomic E-state index is 12.7. The van der Waals surface area contributed by atoms with Crippen LogP contribution in [0, 0.1) is 0 Å². The van der Waals surface area contributed by atoms with Gasteiger partial charge in [-0.05, 0) is 106 Å². The molecule has 2 heterocycles. The van der Waals surface area contributed by atoms with E-state index in [9.17, 15) is 24.3 Å². The Bertz CT molecular complexity index is 1570. The van der Waals surface area contributed by atoms with Gasteiger partial charge in [0.05, 0.1) is 33.6 Å². The fourth-order valence-corrected chi connectivity index (χ4v) is 5.60. The van der Waals surface area contributed by atoms with Gasteiger partial charge in [0.25, 0.3) is 0 Å². The minimum atomic E-state index is -1.02. The molecule has 0 saturated carbocycles. The predicted octanol–water partition coefficient (Wildman–Crippen LogP) is 9.42. The molecule has 16 heteroatoms. The van der Waals surface area contributed by atoms with Crippen molar-refractivity contribution in [1.29, 1.82) is 0 Å². The number of ether oxygens (including phenoxy) is 5. The van der Waals surface area contributed by atoms with E-state index in [4.69, 9.17) is 46.9 Å². The molecule has 4 rings (SSSR count). The molecular weight excluding hydrogens is 791 g/mol. The number of rotatable bonds is 2. The highest BCUT2D eigenvalue weighted by Gasteiger charge is 2.37. The maximum Gasteiger partial charge on any atom is 0.424 e. The highest BCUT2D eigenvalue weighted by atomic mass is 79.9. The quantitative estimate of drug-likeness (QED) is 0.222. The lowest BCUT2D eigenvalue weighted by molar-refractivity contribution is -0.0918. The average Bonchev–Trinajstić information content (AvgIpc) is 3.45. The smallest absolute Gasteiger partial charge is 0.424 e. The third-order valence-electron chi connectivity index (χ3n) is 5.88. The summed E-state index contributed by atoms with van der Waals surface area (Å²) in [6.07, 6.45) is -3.58. The van der Waals surface area contributed by atoms with Crippen molar-refractivity contribution in [3.8, 4) is 0 Å². The molecule has 2 aliphatic heterocycles. The number of cyclic esters (lactones) is 1. The Hall–Kier alpha value is -2.62. The van der Waals surface area contributed by atoms with Gasteiger partial charge in [-0.25, -0.2) is 19.2 Å². The molecule has 2 aromatic rings. The van der Waals surface area contributed by atoms with E-state index in [1.54, 1.807) is 68.4 Å². The number of halogens is 4. The van der Waals surface area contributed by atoms with Crippen molar-refractivity contribution in [2.24, 2.45) is 0 Å². The molecule has 1 unspecified atom stereocenters. The Morgan fingerprint density at radius 2 is 1.36 bits per heavy atom. The first-order valence-electron chi connectivity index (χ1n) is 14.1. The van der Waals surface area contributed by atoms with Crippen LogP contribution in [0.3, 0.4) is 0 Å². The first-order chi connectivity index (χ1) is 21.4. The molecule has 2 aliphatic rings. The standard InChI is InChI=1S/C18H21BrClNO6.C13H15BrClNO4/c1-17(2,3)26-15(23)21(16(24)27-18(4,5)6)11-7-9-10(8-25-14(9)22)12(19)13(11)20;1-13(2,3)20-12(18)16-8-4-6-7(5-19-11(6)17)9(14)10(8)15/h7H,8H2,1-6H3;4,11,17H,5H2,1-3H3,(H,16,18). The van der Waals surface area contributed by atoms with E-state index >= 15 is 0 Å². The Morgan fingerprint density at radius 1 is 0.851 bits per heavy atom. The monoisotopic (exact) mass is 824 g/mol. The van der Waals surface area contributed by atoms with E-state index in [1.807, 2.05) is 0 Å². The van der Waals surface area contributed by atoms with Crippen LogP contribution < -0.4 is 10.2 Å². The average molecular weight is 827 g/mol. The zero-order chi connectivity index (χ0) is 35.8. The third kappa shape index (κ3) is 9.96. The molecule has 0 bridgehead atoms.